The van der Waals surface area contributed by atoms with Gasteiger partial charge in [-0.3, -0.25) is 4.79 Å². The quantitative estimate of drug-likeness (QED) is 0.619. The number of thioether (sulfide) groups is 1. The maximum atomic E-state index is 11.8. The zero-order valence-corrected chi connectivity index (χ0v) is 9.99. The lowest BCUT2D eigenvalue weighted by Crippen LogP contribution is -2.51. The first kappa shape index (κ1) is 10.3. The molecule has 2 rings (SSSR count). The Morgan fingerprint density at radius 3 is 2.79 bits per heavy atom. The van der Waals surface area contributed by atoms with Crippen LogP contribution < -0.4 is 0 Å². The van der Waals surface area contributed by atoms with Crippen molar-refractivity contribution in [2.24, 2.45) is 11.8 Å². The third-order valence-corrected chi connectivity index (χ3v) is 5.11. The molecule has 78 valence electrons. The third kappa shape index (κ3) is 1.54. The van der Waals surface area contributed by atoms with Gasteiger partial charge in [-0.1, -0.05) is 26.0 Å². The fourth-order valence-electron chi connectivity index (χ4n) is 2.55. The van der Waals surface area contributed by atoms with Crippen molar-refractivity contribution in [2.45, 2.75) is 43.6 Å². The summed E-state index contributed by atoms with van der Waals surface area (Å²) in [5, 5.41) is 0.531. The van der Waals surface area contributed by atoms with Crippen LogP contribution in [0.15, 0.2) is 12.2 Å². The number of allylic oxidation sites excluding steroid dienone is 1. The molecule has 0 spiro atoms. The Kier molecular flexibility index (Phi) is 2.30. The molecule has 0 aromatic rings. The van der Waals surface area contributed by atoms with E-state index in [1.54, 1.807) is 0 Å². The van der Waals surface area contributed by atoms with E-state index in [0.29, 0.717) is 22.9 Å². The van der Waals surface area contributed by atoms with Gasteiger partial charge in [0.15, 0.2) is 0 Å². The summed E-state index contributed by atoms with van der Waals surface area (Å²) < 4.78 is 0.145. The van der Waals surface area contributed by atoms with Crippen LogP contribution >= 0.6 is 11.8 Å². The molecule has 2 heteroatoms. The molecule has 0 aromatic carbocycles. The van der Waals surface area contributed by atoms with Crippen LogP contribution in [0.2, 0.25) is 0 Å². The molecule has 0 bridgehead atoms. The van der Waals surface area contributed by atoms with Crippen LogP contribution in [0, 0.1) is 11.8 Å². The number of Topliss-reactive ketones (excluding diaryl/α,β-unsaturated/α-hetero) is 1. The van der Waals surface area contributed by atoms with Gasteiger partial charge in [-0.25, -0.2) is 0 Å². The van der Waals surface area contributed by atoms with E-state index in [0.717, 1.165) is 12.8 Å². The summed E-state index contributed by atoms with van der Waals surface area (Å²) in [6.45, 7) is 10.5. The predicted molar refractivity (Wildman–Crippen MR) is 61.5 cm³/mol. The Hall–Kier alpha value is -0.240. The molecular formula is C12H18OS. The minimum Gasteiger partial charge on any atom is -0.299 e. The Bertz CT molecular complexity index is 289. The lowest BCUT2D eigenvalue weighted by molar-refractivity contribution is -0.127. The van der Waals surface area contributed by atoms with Crippen LogP contribution in [0.3, 0.4) is 0 Å². The lowest BCUT2D eigenvalue weighted by Gasteiger charge is -2.51. The summed E-state index contributed by atoms with van der Waals surface area (Å²) in [6.07, 6.45) is 1.81. The van der Waals surface area contributed by atoms with E-state index in [2.05, 4.69) is 27.4 Å². The summed E-state index contributed by atoms with van der Waals surface area (Å²) in [5.41, 5.74) is 1.25. The minimum atomic E-state index is 0.145. The first-order valence-corrected chi connectivity index (χ1v) is 6.14. The molecule has 2 aliphatic rings. The highest BCUT2D eigenvalue weighted by molar-refractivity contribution is 8.01. The monoisotopic (exact) mass is 210 g/mol. The van der Waals surface area contributed by atoms with Crippen molar-refractivity contribution in [3.63, 3.8) is 0 Å². The highest BCUT2D eigenvalue weighted by Gasteiger charge is 2.51. The van der Waals surface area contributed by atoms with Crippen LogP contribution in [-0.2, 0) is 4.79 Å². The second-order valence-electron chi connectivity index (χ2n) is 5.28. The summed E-state index contributed by atoms with van der Waals surface area (Å²) >= 11 is 2.00. The van der Waals surface area contributed by atoms with Gasteiger partial charge < -0.3 is 0 Å². The highest BCUT2D eigenvalue weighted by atomic mass is 32.2. The van der Waals surface area contributed by atoms with Gasteiger partial charge in [0.2, 0.25) is 0 Å². The number of ketones is 1. The zero-order valence-electron chi connectivity index (χ0n) is 9.17. The maximum absolute atomic E-state index is 11.8. The molecule has 14 heavy (non-hydrogen) atoms. The predicted octanol–water partition coefficient (Wildman–Crippen LogP) is 3.05. The van der Waals surface area contributed by atoms with E-state index in [1.807, 2.05) is 11.8 Å². The van der Waals surface area contributed by atoms with Crippen molar-refractivity contribution in [1.82, 2.24) is 0 Å². The van der Waals surface area contributed by atoms with Gasteiger partial charge in [0.25, 0.3) is 0 Å². The lowest BCUT2D eigenvalue weighted by atomic mass is 9.68. The molecule has 1 saturated heterocycles. The van der Waals surface area contributed by atoms with E-state index in [-0.39, 0.29) is 4.75 Å². The summed E-state index contributed by atoms with van der Waals surface area (Å²) in [4.78, 5) is 11.8. The second-order valence-corrected chi connectivity index (χ2v) is 7.17. The number of fused-ring (bicyclic) bond motifs is 1. The summed E-state index contributed by atoms with van der Waals surface area (Å²) in [5.74, 6) is 1.42. The molecule has 0 N–H and O–H groups in total. The van der Waals surface area contributed by atoms with E-state index in [1.165, 1.54) is 5.57 Å². The summed E-state index contributed by atoms with van der Waals surface area (Å²) in [7, 11) is 0. The second kappa shape index (κ2) is 3.13. The Balaban J connectivity index is 2.13. The van der Waals surface area contributed by atoms with Crippen molar-refractivity contribution < 1.29 is 4.79 Å². The number of hydrogen-bond donors (Lipinski definition) is 0. The molecular weight excluding hydrogens is 192 g/mol. The van der Waals surface area contributed by atoms with Crippen molar-refractivity contribution in [3.05, 3.63) is 12.2 Å². The van der Waals surface area contributed by atoms with Gasteiger partial charge in [0.05, 0.1) is 0 Å². The molecule has 1 saturated carbocycles. The fourth-order valence-corrected chi connectivity index (χ4v) is 4.44. The molecule has 1 aliphatic heterocycles. The maximum Gasteiger partial charge on any atom is 0.138 e. The largest absolute Gasteiger partial charge is 0.299 e. The molecule has 1 nitrogen and oxygen atoms in total. The van der Waals surface area contributed by atoms with Crippen LogP contribution in [0.1, 0.15) is 33.6 Å². The minimum absolute atomic E-state index is 0.145. The Labute approximate surface area is 90.3 Å². The van der Waals surface area contributed by atoms with E-state index in [4.69, 9.17) is 0 Å². The Morgan fingerprint density at radius 2 is 2.21 bits per heavy atom. The smallest absolute Gasteiger partial charge is 0.138 e. The van der Waals surface area contributed by atoms with Crippen molar-refractivity contribution in [2.75, 3.05) is 0 Å². The first-order chi connectivity index (χ1) is 6.41. The van der Waals surface area contributed by atoms with Crippen molar-refractivity contribution in [3.8, 4) is 0 Å². The molecule has 1 heterocycles. The molecule has 0 amide bonds. The van der Waals surface area contributed by atoms with Crippen LogP contribution in [0.25, 0.3) is 0 Å². The normalized spacial score (nSPS) is 39.9. The topological polar surface area (TPSA) is 17.1 Å². The van der Waals surface area contributed by atoms with Crippen LogP contribution in [0.4, 0.5) is 0 Å². The number of rotatable bonds is 1. The van der Waals surface area contributed by atoms with Gasteiger partial charge in [-0.15, -0.1) is 0 Å². The van der Waals surface area contributed by atoms with Crippen LogP contribution in [0.5, 0.6) is 0 Å². The summed E-state index contributed by atoms with van der Waals surface area (Å²) in [6, 6.07) is 0. The van der Waals surface area contributed by atoms with E-state index in [9.17, 15) is 4.79 Å². The molecule has 3 atom stereocenters. The van der Waals surface area contributed by atoms with Gasteiger partial charge in [-0.05, 0) is 19.3 Å². The van der Waals surface area contributed by atoms with Crippen molar-refractivity contribution in [1.29, 1.82) is 0 Å². The number of carbonyl (C=O) groups is 1. The van der Waals surface area contributed by atoms with Crippen LogP contribution in [-0.4, -0.2) is 15.8 Å². The number of carbonyl (C=O) groups excluding carboxylic acids is 1. The average Bonchev–Trinajstić information content (AvgIpc) is 1.94. The highest BCUT2D eigenvalue weighted by Crippen LogP contribution is 2.55. The van der Waals surface area contributed by atoms with Gasteiger partial charge in [-0.2, -0.15) is 11.8 Å². The van der Waals surface area contributed by atoms with E-state index < -0.39 is 0 Å². The average molecular weight is 210 g/mol. The zero-order chi connectivity index (χ0) is 10.5. The van der Waals surface area contributed by atoms with Gasteiger partial charge >= 0.3 is 0 Å². The first-order valence-electron chi connectivity index (χ1n) is 5.27. The molecule has 0 aromatic heterocycles. The third-order valence-electron chi connectivity index (χ3n) is 3.40. The van der Waals surface area contributed by atoms with Gasteiger partial charge in [0.1, 0.15) is 5.78 Å². The fraction of sp³-hybridized carbons (Fsp3) is 0.750. The standard InChI is InChI=1S/C12H18OS/c1-7(2)8-5-9-10(13)6-12(3,4)14-11(8)9/h8-9,11H,1,5-6H2,2-4H3/t8-,9-,11-/m0/s1. The molecule has 2 fully saturated rings. The SMILES string of the molecule is C=C(C)[C@@H]1C[C@H]2C(=O)CC(C)(C)S[C@@H]12. The van der Waals surface area contributed by atoms with E-state index >= 15 is 0 Å². The number of hydrogen-bond acceptors (Lipinski definition) is 2. The molecule has 1 aliphatic carbocycles. The van der Waals surface area contributed by atoms with Crippen molar-refractivity contribution >= 4 is 17.5 Å². The van der Waals surface area contributed by atoms with Gasteiger partial charge in [0, 0.05) is 22.3 Å². The molecule has 0 radical (unpaired) electrons. The molecule has 0 unspecified atom stereocenters. The Morgan fingerprint density at radius 1 is 1.57 bits per heavy atom.